The minimum absolute atomic E-state index is 0.00570. The molecule has 6 heteroatoms. The predicted molar refractivity (Wildman–Crippen MR) is 80.8 cm³/mol. The third-order valence-electron chi connectivity index (χ3n) is 3.81. The van der Waals surface area contributed by atoms with Gasteiger partial charge >= 0.3 is 0 Å². The van der Waals surface area contributed by atoms with Gasteiger partial charge in [-0.3, -0.25) is 9.59 Å². The summed E-state index contributed by atoms with van der Waals surface area (Å²) in [5.74, 6) is 1.23. The molecular formula is C15H17N3O2S. The standard InChI is InChI=1S/C15H17N3O2S/c1-10(19)13-7-12(9-21-13)15(20)18-6-2-3-11(8-18)14-16-4-5-17-14/h4-5,7,9,11H,2-3,6,8H2,1H3,(H,16,17). The molecule has 0 aliphatic carbocycles. The molecule has 1 N–H and O–H groups in total. The van der Waals surface area contributed by atoms with Gasteiger partial charge in [0.15, 0.2) is 5.78 Å². The maximum atomic E-state index is 12.5. The molecule has 3 rings (SSSR count). The smallest absolute Gasteiger partial charge is 0.254 e. The number of Topliss-reactive ketones (excluding diaryl/α,β-unsaturated/α-hetero) is 1. The lowest BCUT2D eigenvalue weighted by Crippen LogP contribution is -2.39. The van der Waals surface area contributed by atoms with Crippen LogP contribution in [0, 0.1) is 0 Å². The van der Waals surface area contributed by atoms with Crippen LogP contribution in [0.3, 0.4) is 0 Å². The molecule has 2 aromatic heterocycles. The minimum Gasteiger partial charge on any atom is -0.348 e. The number of nitrogens with zero attached hydrogens (tertiary/aromatic N) is 2. The molecule has 1 unspecified atom stereocenters. The van der Waals surface area contributed by atoms with Crippen molar-refractivity contribution >= 4 is 23.0 Å². The highest BCUT2D eigenvalue weighted by molar-refractivity contribution is 7.12. The molecule has 5 nitrogen and oxygen atoms in total. The average Bonchev–Trinajstić information content (AvgIpc) is 3.18. The van der Waals surface area contributed by atoms with E-state index in [0.717, 1.165) is 25.2 Å². The summed E-state index contributed by atoms with van der Waals surface area (Å²) in [6, 6.07) is 1.70. The van der Waals surface area contributed by atoms with Gasteiger partial charge in [-0.1, -0.05) is 0 Å². The third-order valence-corrected chi connectivity index (χ3v) is 4.84. The first-order chi connectivity index (χ1) is 10.1. The van der Waals surface area contributed by atoms with E-state index in [1.165, 1.54) is 18.3 Å². The number of likely N-dealkylation sites (tertiary alicyclic amines) is 1. The number of rotatable bonds is 3. The van der Waals surface area contributed by atoms with Gasteiger partial charge in [-0.2, -0.15) is 0 Å². The molecule has 0 radical (unpaired) electrons. The van der Waals surface area contributed by atoms with E-state index in [1.54, 1.807) is 17.6 Å². The van der Waals surface area contributed by atoms with E-state index < -0.39 is 0 Å². The number of thiophene rings is 1. The van der Waals surface area contributed by atoms with Crippen LogP contribution in [0.1, 0.15) is 51.5 Å². The molecule has 3 heterocycles. The summed E-state index contributed by atoms with van der Waals surface area (Å²) in [5.41, 5.74) is 0.616. The first-order valence-corrected chi connectivity index (χ1v) is 7.91. The molecule has 1 fully saturated rings. The second kappa shape index (κ2) is 5.81. The lowest BCUT2D eigenvalue weighted by molar-refractivity contribution is 0.0705. The zero-order valence-corrected chi connectivity index (χ0v) is 12.7. The number of imidazole rings is 1. The summed E-state index contributed by atoms with van der Waals surface area (Å²) < 4.78 is 0. The predicted octanol–water partition coefficient (Wildman–Crippen LogP) is 2.69. The Hall–Kier alpha value is -1.95. The fraction of sp³-hybridized carbons (Fsp3) is 0.400. The number of ketones is 1. The fourth-order valence-corrected chi connectivity index (χ4v) is 3.48. The number of carbonyl (C=O) groups is 2. The van der Waals surface area contributed by atoms with Gasteiger partial charge in [-0.15, -0.1) is 11.3 Å². The molecular weight excluding hydrogens is 286 g/mol. The van der Waals surface area contributed by atoms with E-state index in [0.29, 0.717) is 17.0 Å². The molecule has 21 heavy (non-hydrogen) atoms. The lowest BCUT2D eigenvalue weighted by Gasteiger charge is -2.31. The quantitative estimate of drug-likeness (QED) is 0.887. The van der Waals surface area contributed by atoms with Crippen LogP contribution in [-0.2, 0) is 0 Å². The largest absolute Gasteiger partial charge is 0.348 e. The van der Waals surface area contributed by atoms with Crippen LogP contribution in [-0.4, -0.2) is 39.6 Å². The Morgan fingerprint density at radius 1 is 1.48 bits per heavy atom. The summed E-state index contributed by atoms with van der Waals surface area (Å²) in [7, 11) is 0. The van der Waals surface area contributed by atoms with Crippen LogP contribution in [0.25, 0.3) is 0 Å². The molecule has 1 amide bonds. The number of carbonyl (C=O) groups excluding carboxylic acids is 2. The highest BCUT2D eigenvalue weighted by Gasteiger charge is 2.27. The van der Waals surface area contributed by atoms with Crippen LogP contribution in [0.4, 0.5) is 0 Å². The Morgan fingerprint density at radius 3 is 3.00 bits per heavy atom. The number of aromatic nitrogens is 2. The molecule has 0 aromatic carbocycles. The highest BCUT2D eigenvalue weighted by atomic mass is 32.1. The van der Waals surface area contributed by atoms with Gasteiger partial charge in [0.1, 0.15) is 5.82 Å². The Morgan fingerprint density at radius 2 is 2.33 bits per heavy atom. The maximum absolute atomic E-state index is 12.5. The van der Waals surface area contributed by atoms with E-state index in [4.69, 9.17) is 0 Å². The Balaban J connectivity index is 1.73. The first-order valence-electron chi connectivity index (χ1n) is 7.03. The van der Waals surface area contributed by atoms with Crippen molar-refractivity contribution < 1.29 is 9.59 Å². The third kappa shape index (κ3) is 2.90. The monoisotopic (exact) mass is 303 g/mol. The summed E-state index contributed by atoms with van der Waals surface area (Å²) in [5, 5.41) is 1.77. The van der Waals surface area contributed by atoms with Crippen LogP contribution < -0.4 is 0 Å². The Kier molecular flexibility index (Phi) is 3.88. The van der Waals surface area contributed by atoms with E-state index in [1.807, 2.05) is 11.1 Å². The topological polar surface area (TPSA) is 66.1 Å². The van der Waals surface area contributed by atoms with Crippen molar-refractivity contribution in [2.75, 3.05) is 13.1 Å². The van der Waals surface area contributed by atoms with Gasteiger partial charge in [0.25, 0.3) is 5.91 Å². The summed E-state index contributed by atoms with van der Waals surface area (Å²) in [4.78, 5) is 33.8. The Bertz CT molecular complexity index is 648. The zero-order chi connectivity index (χ0) is 14.8. The minimum atomic E-state index is 0.00570. The van der Waals surface area contributed by atoms with Gasteiger partial charge in [0, 0.05) is 36.8 Å². The van der Waals surface area contributed by atoms with Crippen molar-refractivity contribution in [3.63, 3.8) is 0 Å². The summed E-state index contributed by atoms with van der Waals surface area (Å²) in [6.07, 6.45) is 5.57. The highest BCUT2D eigenvalue weighted by Crippen LogP contribution is 2.26. The maximum Gasteiger partial charge on any atom is 0.254 e. The van der Waals surface area contributed by atoms with Gasteiger partial charge in [-0.05, 0) is 25.8 Å². The van der Waals surface area contributed by atoms with E-state index in [-0.39, 0.29) is 17.6 Å². The van der Waals surface area contributed by atoms with Gasteiger partial charge < -0.3 is 9.88 Å². The first kappa shape index (κ1) is 14.0. The van der Waals surface area contributed by atoms with Crippen molar-refractivity contribution in [3.05, 3.63) is 40.1 Å². The van der Waals surface area contributed by atoms with Crippen LogP contribution in [0.15, 0.2) is 23.8 Å². The van der Waals surface area contributed by atoms with Crippen molar-refractivity contribution in [1.29, 1.82) is 0 Å². The van der Waals surface area contributed by atoms with Crippen LogP contribution in [0.5, 0.6) is 0 Å². The number of hydrogen-bond donors (Lipinski definition) is 1. The molecule has 110 valence electrons. The van der Waals surface area contributed by atoms with E-state index >= 15 is 0 Å². The SMILES string of the molecule is CC(=O)c1cc(C(=O)N2CCCC(c3ncc[nH]3)C2)cs1. The number of nitrogens with one attached hydrogen (secondary N) is 1. The van der Waals surface area contributed by atoms with Crippen molar-refractivity contribution in [3.8, 4) is 0 Å². The normalized spacial score (nSPS) is 18.7. The zero-order valence-electron chi connectivity index (χ0n) is 11.8. The molecule has 1 aliphatic rings. The van der Waals surface area contributed by atoms with Crippen LogP contribution >= 0.6 is 11.3 Å². The average molecular weight is 303 g/mol. The number of amides is 1. The van der Waals surface area contributed by atoms with Gasteiger partial charge in [-0.25, -0.2) is 4.98 Å². The molecule has 1 saturated heterocycles. The molecule has 2 aromatic rings. The number of H-pyrrole nitrogens is 1. The van der Waals surface area contributed by atoms with E-state index in [2.05, 4.69) is 9.97 Å². The van der Waals surface area contributed by atoms with Gasteiger partial charge in [0.05, 0.1) is 10.4 Å². The van der Waals surface area contributed by atoms with Crippen molar-refractivity contribution in [2.45, 2.75) is 25.7 Å². The number of piperidine rings is 1. The van der Waals surface area contributed by atoms with Crippen molar-refractivity contribution in [1.82, 2.24) is 14.9 Å². The van der Waals surface area contributed by atoms with Crippen LogP contribution in [0.2, 0.25) is 0 Å². The molecule has 0 spiro atoms. The summed E-state index contributed by atoms with van der Waals surface area (Å²) >= 11 is 1.33. The number of aromatic amines is 1. The molecule has 0 bridgehead atoms. The second-order valence-corrected chi connectivity index (χ2v) is 6.23. The second-order valence-electron chi connectivity index (χ2n) is 5.32. The molecule has 1 atom stereocenters. The Labute approximate surface area is 127 Å². The molecule has 1 aliphatic heterocycles. The number of hydrogen-bond acceptors (Lipinski definition) is 4. The fourth-order valence-electron chi connectivity index (χ4n) is 2.70. The lowest BCUT2D eigenvalue weighted by atomic mass is 9.97. The van der Waals surface area contributed by atoms with Gasteiger partial charge in [0.2, 0.25) is 0 Å². The van der Waals surface area contributed by atoms with Crippen molar-refractivity contribution in [2.24, 2.45) is 0 Å². The summed E-state index contributed by atoms with van der Waals surface area (Å²) in [6.45, 7) is 2.97. The molecule has 0 saturated carbocycles. The van der Waals surface area contributed by atoms with E-state index in [9.17, 15) is 9.59 Å².